The quantitative estimate of drug-likeness (QED) is 0.640. The van der Waals surface area contributed by atoms with Gasteiger partial charge < -0.3 is 10.1 Å². The van der Waals surface area contributed by atoms with Crippen LogP contribution in [0.25, 0.3) is 0 Å². The van der Waals surface area contributed by atoms with Crippen molar-refractivity contribution in [3.05, 3.63) is 0 Å². The maximum atomic E-state index is 5.55. The Hall–Kier alpha value is -0.0800. The van der Waals surface area contributed by atoms with Crippen molar-refractivity contribution in [1.29, 1.82) is 0 Å². The lowest BCUT2D eigenvalue weighted by Crippen LogP contribution is -2.30. The van der Waals surface area contributed by atoms with Gasteiger partial charge >= 0.3 is 0 Å². The van der Waals surface area contributed by atoms with E-state index in [1.165, 1.54) is 45.2 Å². The van der Waals surface area contributed by atoms with Gasteiger partial charge in [0.05, 0.1) is 0 Å². The van der Waals surface area contributed by atoms with Gasteiger partial charge in [-0.15, -0.1) is 0 Å². The van der Waals surface area contributed by atoms with Crippen LogP contribution in [0.2, 0.25) is 0 Å². The molecule has 13 heavy (non-hydrogen) atoms. The van der Waals surface area contributed by atoms with Crippen molar-refractivity contribution in [1.82, 2.24) is 5.32 Å². The standard InChI is InChI=1S/C11H23NO/c1-2-3-8-13-9-6-11-5-4-7-12-10-11/h11-12H,2-10H2,1H3/t11-/m0/s1. The third kappa shape index (κ3) is 5.27. The Kier molecular flexibility index (Phi) is 6.21. The summed E-state index contributed by atoms with van der Waals surface area (Å²) in [5.74, 6) is 0.871. The number of ether oxygens (including phenoxy) is 1. The second-order valence-corrected chi connectivity index (χ2v) is 3.97. The van der Waals surface area contributed by atoms with Crippen molar-refractivity contribution in [3.8, 4) is 0 Å². The molecule has 0 unspecified atom stereocenters. The molecule has 0 aromatic rings. The smallest absolute Gasteiger partial charge is 0.0469 e. The van der Waals surface area contributed by atoms with E-state index in [-0.39, 0.29) is 0 Å². The summed E-state index contributed by atoms with van der Waals surface area (Å²) in [5.41, 5.74) is 0. The van der Waals surface area contributed by atoms with Gasteiger partial charge in [0.2, 0.25) is 0 Å². The number of nitrogens with one attached hydrogen (secondary N) is 1. The molecule has 0 spiro atoms. The van der Waals surface area contributed by atoms with Gasteiger partial charge in [0, 0.05) is 13.2 Å². The highest BCUT2D eigenvalue weighted by Crippen LogP contribution is 2.13. The van der Waals surface area contributed by atoms with E-state index >= 15 is 0 Å². The molecule has 1 atom stereocenters. The largest absolute Gasteiger partial charge is 0.381 e. The first kappa shape index (κ1) is 11.0. The molecular weight excluding hydrogens is 162 g/mol. The monoisotopic (exact) mass is 185 g/mol. The average molecular weight is 185 g/mol. The maximum Gasteiger partial charge on any atom is 0.0469 e. The summed E-state index contributed by atoms with van der Waals surface area (Å²) in [4.78, 5) is 0. The highest BCUT2D eigenvalue weighted by atomic mass is 16.5. The summed E-state index contributed by atoms with van der Waals surface area (Å²) in [6, 6.07) is 0. The number of piperidine rings is 1. The number of hydrogen-bond acceptors (Lipinski definition) is 2. The first-order chi connectivity index (χ1) is 6.43. The molecule has 78 valence electrons. The molecular formula is C11H23NO. The molecule has 1 saturated heterocycles. The van der Waals surface area contributed by atoms with Crippen LogP contribution in [0.5, 0.6) is 0 Å². The second kappa shape index (κ2) is 7.34. The molecule has 1 rings (SSSR count). The Morgan fingerprint density at radius 1 is 1.38 bits per heavy atom. The van der Waals surface area contributed by atoms with Crippen molar-refractivity contribution < 1.29 is 4.74 Å². The van der Waals surface area contributed by atoms with E-state index < -0.39 is 0 Å². The van der Waals surface area contributed by atoms with Crippen molar-refractivity contribution >= 4 is 0 Å². The molecule has 0 radical (unpaired) electrons. The van der Waals surface area contributed by atoms with E-state index in [0.717, 1.165) is 19.1 Å². The lowest BCUT2D eigenvalue weighted by Gasteiger charge is -2.22. The molecule has 0 saturated carbocycles. The summed E-state index contributed by atoms with van der Waals surface area (Å²) < 4.78 is 5.55. The summed E-state index contributed by atoms with van der Waals surface area (Å²) >= 11 is 0. The zero-order valence-corrected chi connectivity index (χ0v) is 8.85. The van der Waals surface area contributed by atoms with Crippen LogP contribution in [0, 0.1) is 5.92 Å². The molecule has 1 fully saturated rings. The topological polar surface area (TPSA) is 21.3 Å². The van der Waals surface area contributed by atoms with Crippen LogP contribution in [0.1, 0.15) is 39.0 Å². The molecule has 0 aliphatic carbocycles. The fraction of sp³-hybridized carbons (Fsp3) is 1.00. The van der Waals surface area contributed by atoms with Gasteiger partial charge in [0.1, 0.15) is 0 Å². The first-order valence-corrected chi connectivity index (χ1v) is 5.72. The molecule has 0 amide bonds. The lowest BCUT2D eigenvalue weighted by atomic mass is 9.97. The van der Waals surface area contributed by atoms with E-state index in [4.69, 9.17) is 4.74 Å². The third-order valence-corrected chi connectivity index (χ3v) is 2.71. The van der Waals surface area contributed by atoms with E-state index in [2.05, 4.69) is 12.2 Å². The molecule has 1 heterocycles. The second-order valence-electron chi connectivity index (χ2n) is 3.97. The van der Waals surface area contributed by atoms with Crippen molar-refractivity contribution in [2.75, 3.05) is 26.3 Å². The maximum absolute atomic E-state index is 5.55. The lowest BCUT2D eigenvalue weighted by molar-refractivity contribution is 0.113. The highest BCUT2D eigenvalue weighted by molar-refractivity contribution is 4.68. The molecule has 0 aromatic carbocycles. The molecule has 1 N–H and O–H groups in total. The minimum Gasteiger partial charge on any atom is -0.381 e. The van der Waals surface area contributed by atoms with E-state index in [1.807, 2.05) is 0 Å². The van der Waals surface area contributed by atoms with Gasteiger partial charge in [-0.1, -0.05) is 13.3 Å². The molecule has 2 nitrogen and oxygen atoms in total. The minimum absolute atomic E-state index is 0.871. The van der Waals surface area contributed by atoms with Crippen molar-refractivity contribution in [2.24, 2.45) is 5.92 Å². The van der Waals surface area contributed by atoms with Crippen LogP contribution < -0.4 is 5.32 Å². The van der Waals surface area contributed by atoms with Crippen LogP contribution >= 0.6 is 0 Å². The Morgan fingerprint density at radius 2 is 2.31 bits per heavy atom. The van der Waals surface area contributed by atoms with E-state index in [1.54, 1.807) is 0 Å². The Bertz CT molecular complexity index is 111. The van der Waals surface area contributed by atoms with Gasteiger partial charge in [0.25, 0.3) is 0 Å². The van der Waals surface area contributed by atoms with Crippen LogP contribution in [0.4, 0.5) is 0 Å². The molecule has 2 heteroatoms. The van der Waals surface area contributed by atoms with Gasteiger partial charge in [-0.3, -0.25) is 0 Å². The summed E-state index contributed by atoms with van der Waals surface area (Å²) in [5, 5.41) is 3.43. The minimum atomic E-state index is 0.871. The normalized spacial score (nSPS) is 23.3. The summed E-state index contributed by atoms with van der Waals surface area (Å²) in [6.45, 7) is 6.54. The predicted molar refractivity (Wildman–Crippen MR) is 55.9 cm³/mol. The molecule has 1 aliphatic heterocycles. The van der Waals surface area contributed by atoms with Gasteiger partial charge in [-0.2, -0.15) is 0 Å². The summed E-state index contributed by atoms with van der Waals surface area (Å²) in [6.07, 6.45) is 6.44. The Labute approximate surface area is 82.0 Å². The Morgan fingerprint density at radius 3 is 3.00 bits per heavy atom. The molecule has 0 bridgehead atoms. The molecule has 1 aliphatic rings. The number of hydrogen-bond donors (Lipinski definition) is 1. The van der Waals surface area contributed by atoms with Crippen molar-refractivity contribution in [2.45, 2.75) is 39.0 Å². The van der Waals surface area contributed by atoms with Gasteiger partial charge in [-0.25, -0.2) is 0 Å². The van der Waals surface area contributed by atoms with Crippen LogP contribution in [0.3, 0.4) is 0 Å². The van der Waals surface area contributed by atoms with Gasteiger partial charge in [-0.05, 0) is 44.7 Å². The Balaban J connectivity index is 1.86. The van der Waals surface area contributed by atoms with Gasteiger partial charge in [0.15, 0.2) is 0 Å². The zero-order chi connectivity index (χ0) is 9.36. The predicted octanol–water partition coefficient (Wildman–Crippen LogP) is 2.19. The van der Waals surface area contributed by atoms with Crippen LogP contribution in [0.15, 0.2) is 0 Å². The number of rotatable bonds is 6. The fourth-order valence-electron chi connectivity index (χ4n) is 1.77. The van der Waals surface area contributed by atoms with E-state index in [9.17, 15) is 0 Å². The first-order valence-electron chi connectivity index (χ1n) is 5.72. The van der Waals surface area contributed by atoms with Crippen LogP contribution in [-0.2, 0) is 4.74 Å². The third-order valence-electron chi connectivity index (χ3n) is 2.71. The fourth-order valence-corrected chi connectivity index (χ4v) is 1.77. The molecule has 0 aromatic heterocycles. The average Bonchev–Trinajstić information content (AvgIpc) is 2.19. The SMILES string of the molecule is CCCCOCC[C@@H]1CCCNC1. The zero-order valence-electron chi connectivity index (χ0n) is 8.85. The summed E-state index contributed by atoms with van der Waals surface area (Å²) in [7, 11) is 0. The van der Waals surface area contributed by atoms with Crippen molar-refractivity contribution in [3.63, 3.8) is 0 Å². The van der Waals surface area contributed by atoms with Crippen LogP contribution in [-0.4, -0.2) is 26.3 Å². The van der Waals surface area contributed by atoms with E-state index in [0.29, 0.717) is 0 Å². The number of unbranched alkanes of at least 4 members (excludes halogenated alkanes) is 1. The highest BCUT2D eigenvalue weighted by Gasteiger charge is 2.11.